The quantitative estimate of drug-likeness (QED) is 0.898. The first-order valence-electron chi connectivity index (χ1n) is 9.47. The van der Waals surface area contributed by atoms with Crippen molar-refractivity contribution in [3.05, 3.63) is 12.0 Å². The molecule has 2 unspecified atom stereocenters. The third-order valence-electron chi connectivity index (χ3n) is 5.90. The highest BCUT2D eigenvalue weighted by molar-refractivity contribution is 5.87. The van der Waals surface area contributed by atoms with Gasteiger partial charge in [-0.05, 0) is 45.4 Å². The summed E-state index contributed by atoms with van der Waals surface area (Å²) in [6.45, 7) is 3.77. The van der Waals surface area contributed by atoms with Crippen molar-refractivity contribution in [1.29, 1.82) is 0 Å². The monoisotopic (exact) mass is 343 g/mol. The summed E-state index contributed by atoms with van der Waals surface area (Å²) in [4.78, 5) is 11.8. The van der Waals surface area contributed by atoms with Crippen LogP contribution in [0.3, 0.4) is 0 Å². The molecule has 1 N–H and O–H groups in total. The van der Waals surface area contributed by atoms with E-state index in [0.717, 1.165) is 74.3 Å². The molecule has 1 saturated carbocycles. The minimum Gasteiger partial charge on any atom is -0.393 e. The molecule has 2 saturated heterocycles. The van der Waals surface area contributed by atoms with Crippen LogP contribution >= 0.6 is 0 Å². The molecule has 4 heterocycles. The number of fused-ring (bicyclic) bond motifs is 3. The third-order valence-corrected chi connectivity index (χ3v) is 5.90. The lowest BCUT2D eigenvalue weighted by Gasteiger charge is -2.33. The number of hydrogen-bond donors (Lipinski definition) is 1. The van der Waals surface area contributed by atoms with Crippen LogP contribution in [0.2, 0.25) is 0 Å². The Morgan fingerprint density at radius 2 is 1.76 bits per heavy atom. The lowest BCUT2D eigenvalue weighted by molar-refractivity contribution is 0.0303. The smallest absolute Gasteiger partial charge is 0.163 e. The summed E-state index contributed by atoms with van der Waals surface area (Å²) in [5.41, 5.74) is 0.933. The molecule has 0 aromatic carbocycles. The van der Waals surface area contributed by atoms with Gasteiger partial charge in [-0.2, -0.15) is 5.10 Å². The molecular weight excluding hydrogens is 318 g/mol. The van der Waals surface area contributed by atoms with E-state index in [2.05, 4.69) is 14.7 Å². The summed E-state index contributed by atoms with van der Waals surface area (Å²) >= 11 is 0. The summed E-state index contributed by atoms with van der Waals surface area (Å²) in [5, 5.41) is 15.5. The summed E-state index contributed by atoms with van der Waals surface area (Å²) < 4.78 is 8.04. The molecule has 25 heavy (non-hydrogen) atoms. The Kier molecular flexibility index (Phi) is 3.67. The van der Waals surface area contributed by atoms with Crippen molar-refractivity contribution in [2.24, 2.45) is 0 Å². The van der Waals surface area contributed by atoms with Crippen molar-refractivity contribution in [2.45, 2.75) is 69.8 Å². The average Bonchev–Trinajstić information content (AvgIpc) is 3.17. The number of aryl methyl sites for hydroxylation is 1. The zero-order chi connectivity index (χ0) is 17.0. The van der Waals surface area contributed by atoms with Crippen LogP contribution in [0.15, 0.2) is 6.20 Å². The maximum Gasteiger partial charge on any atom is 0.163 e. The molecule has 2 atom stereocenters. The van der Waals surface area contributed by atoms with Crippen molar-refractivity contribution in [3.63, 3.8) is 0 Å². The minimum atomic E-state index is -0.158. The van der Waals surface area contributed by atoms with E-state index in [4.69, 9.17) is 14.7 Å². The number of anilines is 1. The lowest BCUT2D eigenvalue weighted by Crippen LogP contribution is -2.43. The number of aromatic nitrogens is 4. The number of morpholine rings is 1. The number of ether oxygens (including phenoxy) is 1. The van der Waals surface area contributed by atoms with Crippen molar-refractivity contribution >= 4 is 16.9 Å². The number of nitrogens with zero attached hydrogens (tertiary/aromatic N) is 5. The summed E-state index contributed by atoms with van der Waals surface area (Å²) in [6.07, 6.45) is 8.33. The van der Waals surface area contributed by atoms with Crippen LogP contribution in [0, 0.1) is 6.92 Å². The Hall–Kier alpha value is -1.73. The summed E-state index contributed by atoms with van der Waals surface area (Å²) in [6, 6.07) is 0.323. The molecule has 2 aromatic heterocycles. The van der Waals surface area contributed by atoms with Gasteiger partial charge in [0.25, 0.3) is 0 Å². The second kappa shape index (κ2) is 5.92. The van der Waals surface area contributed by atoms with Crippen LogP contribution in [-0.2, 0) is 4.74 Å². The van der Waals surface area contributed by atoms with Gasteiger partial charge in [-0.1, -0.05) is 0 Å². The van der Waals surface area contributed by atoms with Gasteiger partial charge in [-0.3, -0.25) is 0 Å². The van der Waals surface area contributed by atoms with Crippen LogP contribution in [0.1, 0.15) is 50.4 Å². The zero-order valence-electron chi connectivity index (χ0n) is 14.6. The van der Waals surface area contributed by atoms with Crippen LogP contribution in [0.4, 0.5) is 5.82 Å². The topological polar surface area (TPSA) is 76.3 Å². The first-order valence-corrected chi connectivity index (χ1v) is 9.47. The fourth-order valence-electron chi connectivity index (χ4n) is 4.62. The first kappa shape index (κ1) is 15.5. The van der Waals surface area contributed by atoms with Gasteiger partial charge in [0.15, 0.2) is 5.65 Å². The van der Waals surface area contributed by atoms with Crippen LogP contribution in [0.5, 0.6) is 0 Å². The average molecular weight is 343 g/mol. The molecule has 2 aliphatic heterocycles. The van der Waals surface area contributed by atoms with Crippen molar-refractivity contribution in [1.82, 2.24) is 19.7 Å². The highest BCUT2D eigenvalue weighted by Crippen LogP contribution is 2.35. The number of aliphatic hydroxyl groups excluding tert-OH is 1. The summed E-state index contributed by atoms with van der Waals surface area (Å²) in [5.74, 6) is 1.80. The van der Waals surface area contributed by atoms with E-state index in [1.807, 2.05) is 13.1 Å². The van der Waals surface area contributed by atoms with E-state index in [1.165, 1.54) is 0 Å². The predicted octanol–water partition coefficient (Wildman–Crippen LogP) is 1.98. The van der Waals surface area contributed by atoms with E-state index in [1.54, 1.807) is 0 Å². The highest BCUT2D eigenvalue weighted by Gasteiger charge is 2.35. The van der Waals surface area contributed by atoms with Crippen molar-refractivity contribution in [2.75, 3.05) is 18.0 Å². The van der Waals surface area contributed by atoms with Gasteiger partial charge in [0, 0.05) is 13.1 Å². The zero-order valence-corrected chi connectivity index (χ0v) is 14.6. The second-order valence-corrected chi connectivity index (χ2v) is 7.75. The van der Waals surface area contributed by atoms with Crippen LogP contribution in [0.25, 0.3) is 11.0 Å². The maximum atomic E-state index is 9.78. The van der Waals surface area contributed by atoms with Gasteiger partial charge in [0.2, 0.25) is 0 Å². The first-order chi connectivity index (χ1) is 12.2. The van der Waals surface area contributed by atoms with E-state index in [9.17, 15) is 5.11 Å². The highest BCUT2D eigenvalue weighted by atomic mass is 16.5. The number of hydrogen-bond acceptors (Lipinski definition) is 6. The van der Waals surface area contributed by atoms with Crippen LogP contribution < -0.4 is 4.90 Å². The van der Waals surface area contributed by atoms with Gasteiger partial charge in [-0.15, -0.1) is 0 Å². The Bertz CT molecular complexity index is 771. The van der Waals surface area contributed by atoms with Gasteiger partial charge in [0.1, 0.15) is 11.6 Å². The van der Waals surface area contributed by atoms with Gasteiger partial charge in [0.05, 0.1) is 35.9 Å². The van der Waals surface area contributed by atoms with Gasteiger partial charge in [-0.25, -0.2) is 14.6 Å². The molecular formula is C18H25N5O2. The molecule has 7 nitrogen and oxygen atoms in total. The Labute approximate surface area is 147 Å². The molecule has 0 spiro atoms. The minimum absolute atomic E-state index is 0.158. The SMILES string of the molecule is Cc1nc(N2CC3CCC(C2)O3)c2cnn(C3CCC(O)CC3)c2n1. The van der Waals surface area contributed by atoms with Gasteiger partial charge < -0.3 is 14.7 Å². The number of rotatable bonds is 2. The Morgan fingerprint density at radius 3 is 2.48 bits per heavy atom. The van der Waals surface area contributed by atoms with E-state index in [-0.39, 0.29) is 6.10 Å². The Balaban J connectivity index is 1.52. The molecule has 3 fully saturated rings. The molecule has 0 radical (unpaired) electrons. The molecule has 2 aromatic rings. The largest absolute Gasteiger partial charge is 0.393 e. The Morgan fingerprint density at radius 1 is 1.04 bits per heavy atom. The molecule has 1 aliphatic carbocycles. The predicted molar refractivity (Wildman–Crippen MR) is 93.7 cm³/mol. The van der Waals surface area contributed by atoms with Crippen molar-refractivity contribution < 1.29 is 9.84 Å². The van der Waals surface area contributed by atoms with Crippen molar-refractivity contribution in [3.8, 4) is 0 Å². The fraction of sp³-hybridized carbons (Fsp3) is 0.722. The normalized spacial score (nSPS) is 32.5. The molecule has 5 rings (SSSR count). The lowest BCUT2D eigenvalue weighted by atomic mass is 9.93. The van der Waals surface area contributed by atoms with Gasteiger partial charge >= 0.3 is 0 Å². The van der Waals surface area contributed by atoms with E-state index >= 15 is 0 Å². The molecule has 0 amide bonds. The second-order valence-electron chi connectivity index (χ2n) is 7.75. The summed E-state index contributed by atoms with van der Waals surface area (Å²) in [7, 11) is 0. The van der Waals surface area contributed by atoms with E-state index < -0.39 is 0 Å². The molecule has 7 heteroatoms. The standard InChI is InChI=1S/C18H25N5O2/c1-11-20-17(22-9-14-6-7-15(10-22)25-14)16-8-19-23(18(16)21-11)12-2-4-13(24)5-3-12/h8,12-15,24H,2-7,9-10H2,1H3. The molecule has 3 aliphatic rings. The fourth-order valence-corrected chi connectivity index (χ4v) is 4.62. The van der Waals surface area contributed by atoms with Crippen LogP contribution in [-0.4, -0.2) is 56.3 Å². The molecule has 2 bridgehead atoms. The third kappa shape index (κ3) is 2.69. The van der Waals surface area contributed by atoms with E-state index in [0.29, 0.717) is 18.2 Å². The maximum absolute atomic E-state index is 9.78. The molecule has 134 valence electrons. The number of aliphatic hydroxyl groups is 1.